The molecule has 0 bridgehead atoms. The largest absolute Gasteiger partial charge is 0.402 e. The van der Waals surface area contributed by atoms with Crippen LogP contribution in [0.15, 0.2) is 59.0 Å². The van der Waals surface area contributed by atoms with Crippen LogP contribution in [0.3, 0.4) is 0 Å². The third-order valence-corrected chi connectivity index (χ3v) is 4.89. The first-order chi connectivity index (χ1) is 13.6. The van der Waals surface area contributed by atoms with Crippen LogP contribution in [0, 0.1) is 6.92 Å². The molecule has 0 aliphatic heterocycles. The first kappa shape index (κ1) is 17.9. The number of nitrogens with zero attached hydrogens (tertiary/aromatic N) is 4. The van der Waals surface area contributed by atoms with Gasteiger partial charge in [0.05, 0.1) is 11.9 Å². The van der Waals surface area contributed by atoms with E-state index in [-0.39, 0.29) is 5.91 Å². The first-order valence-electron chi connectivity index (χ1n) is 9.26. The second-order valence-corrected chi connectivity index (χ2v) is 6.82. The molecule has 0 unspecified atom stereocenters. The van der Waals surface area contributed by atoms with Crippen LogP contribution in [0.1, 0.15) is 41.0 Å². The van der Waals surface area contributed by atoms with Gasteiger partial charge in [0, 0.05) is 30.2 Å². The summed E-state index contributed by atoms with van der Waals surface area (Å²) in [5.74, 6) is 0.447. The van der Waals surface area contributed by atoms with Crippen molar-refractivity contribution in [1.82, 2.24) is 19.7 Å². The third-order valence-electron chi connectivity index (χ3n) is 4.89. The average Bonchev–Trinajstić information content (AvgIpc) is 3.31. The number of aliphatic imine (C=N–C) groups is 1. The van der Waals surface area contributed by atoms with Crippen LogP contribution in [0.25, 0.3) is 5.65 Å². The Bertz CT molecular complexity index is 1120. The van der Waals surface area contributed by atoms with E-state index in [1.165, 1.54) is 0 Å². The average molecular weight is 374 g/mol. The minimum Gasteiger partial charge on any atom is -0.402 e. The van der Waals surface area contributed by atoms with E-state index in [9.17, 15) is 4.79 Å². The second-order valence-electron chi connectivity index (χ2n) is 6.82. The molecule has 3 aromatic heterocycles. The van der Waals surface area contributed by atoms with Gasteiger partial charge in [-0.05, 0) is 56.0 Å². The highest BCUT2D eigenvalue weighted by Crippen LogP contribution is 2.28. The number of allylic oxidation sites excluding steroid dienone is 2. The molecule has 1 aliphatic rings. The molecular weight excluding hydrogens is 352 g/mol. The second kappa shape index (κ2) is 7.26. The smallest absolute Gasteiger partial charge is 0.269 e. The van der Waals surface area contributed by atoms with Gasteiger partial charge < -0.3 is 11.1 Å². The van der Waals surface area contributed by atoms with Crippen LogP contribution in [0.5, 0.6) is 0 Å². The van der Waals surface area contributed by atoms with Crippen molar-refractivity contribution >= 4 is 23.1 Å². The van der Waals surface area contributed by atoms with Crippen LogP contribution in [-0.4, -0.2) is 33.0 Å². The topological polar surface area (TPSA) is 97.7 Å². The van der Waals surface area contributed by atoms with Gasteiger partial charge in [-0.1, -0.05) is 6.07 Å². The number of fused-ring (bicyclic) bond motifs is 1. The SMILES string of the molecule is CNC(=O)c1cnc2ccc(C(=Nc3cccc(C)n3)C3=C(N)CCC3)cn12. The number of carbonyl (C=O) groups is 1. The van der Waals surface area contributed by atoms with Crippen molar-refractivity contribution in [2.45, 2.75) is 26.2 Å². The molecule has 28 heavy (non-hydrogen) atoms. The Balaban J connectivity index is 1.89. The Labute approximate surface area is 163 Å². The monoisotopic (exact) mass is 374 g/mol. The summed E-state index contributed by atoms with van der Waals surface area (Å²) in [6, 6.07) is 9.60. The summed E-state index contributed by atoms with van der Waals surface area (Å²) in [6.07, 6.45) is 6.21. The molecule has 7 nitrogen and oxygen atoms in total. The molecule has 142 valence electrons. The number of aromatic nitrogens is 3. The summed E-state index contributed by atoms with van der Waals surface area (Å²) in [5.41, 5.74) is 11.9. The zero-order chi connectivity index (χ0) is 19.7. The van der Waals surface area contributed by atoms with Gasteiger partial charge in [0.2, 0.25) is 0 Å². The summed E-state index contributed by atoms with van der Waals surface area (Å²) in [4.78, 5) is 25.8. The van der Waals surface area contributed by atoms with Gasteiger partial charge in [0.15, 0.2) is 5.82 Å². The molecule has 0 aromatic carbocycles. The number of imidazole rings is 1. The summed E-state index contributed by atoms with van der Waals surface area (Å²) in [7, 11) is 1.60. The lowest BCUT2D eigenvalue weighted by atomic mass is 10.0. The molecule has 4 rings (SSSR count). The van der Waals surface area contributed by atoms with Crippen molar-refractivity contribution in [2.75, 3.05) is 7.05 Å². The van der Waals surface area contributed by atoms with E-state index in [1.807, 2.05) is 43.5 Å². The van der Waals surface area contributed by atoms with Crippen LogP contribution in [0.4, 0.5) is 5.82 Å². The summed E-state index contributed by atoms with van der Waals surface area (Å²) in [5, 5.41) is 2.65. The lowest BCUT2D eigenvalue weighted by Gasteiger charge is -2.11. The number of rotatable bonds is 4. The molecular formula is C21H22N6O. The molecule has 0 saturated carbocycles. The molecule has 1 aliphatic carbocycles. The van der Waals surface area contributed by atoms with Crippen LogP contribution < -0.4 is 11.1 Å². The highest BCUT2D eigenvalue weighted by atomic mass is 16.1. The molecule has 0 radical (unpaired) electrons. The lowest BCUT2D eigenvalue weighted by molar-refractivity contribution is 0.0957. The maximum Gasteiger partial charge on any atom is 0.269 e. The van der Waals surface area contributed by atoms with Gasteiger partial charge in [-0.2, -0.15) is 0 Å². The maximum absolute atomic E-state index is 12.2. The third kappa shape index (κ3) is 3.26. The fourth-order valence-corrected chi connectivity index (χ4v) is 3.47. The van der Waals surface area contributed by atoms with Crippen molar-refractivity contribution < 1.29 is 4.79 Å². The number of amides is 1. The van der Waals surface area contributed by atoms with E-state index >= 15 is 0 Å². The highest BCUT2D eigenvalue weighted by Gasteiger charge is 2.20. The highest BCUT2D eigenvalue weighted by molar-refractivity contribution is 6.14. The Morgan fingerprint density at radius 2 is 2.11 bits per heavy atom. The quantitative estimate of drug-likeness (QED) is 0.686. The number of aryl methyl sites for hydroxylation is 1. The standard InChI is InChI=1S/C21H22N6O/c1-13-5-3-8-18(25-13)26-20(15-6-4-7-16(15)22)14-9-10-19-24-11-17(21(28)23-2)27(19)12-14/h3,5,8-12H,4,6-7,22H2,1-2H3,(H,23,28). The van der Waals surface area contributed by atoms with Gasteiger partial charge >= 0.3 is 0 Å². The van der Waals surface area contributed by atoms with E-state index in [0.29, 0.717) is 17.2 Å². The molecule has 7 heteroatoms. The van der Waals surface area contributed by atoms with Crippen molar-refractivity contribution in [3.8, 4) is 0 Å². The molecule has 0 fully saturated rings. The fraction of sp³-hybridized carbons (Fsp3) is 0.238. The first-order valence-corrected chi connectivity index (χ1v) is 9.26. The molecule has 3 aromatic rings. The number of hydrogen-bond acceptors (Lipinski definition) is 5. The Morgan fingerprint density at radius 1 is 1.25 bits per heavy atom. The minimum atomic E-state index is -0.192. The van der Waals surface area contributed by atoms with Crippen LogP contribution >= 0.6 is 0 Å². The number of hydrogen-bond donors (Lipinski definition) is 2. The van der Waals surface area contributed by atoms with Crippen molar-refractivity contribution in [3.63, 3.8) is 0 Å². The summed E-state index contributed by atoms with van der Waals surface area (Å²) < 4.78 is 1.78. The number of pyridine rings is 2. The van der Waals surface area contributed by atoms with Gasteiger partial charge in [0.25, 0.3) is 5.91 Å². The zero-order valence-corrected chi connectivity index (χ0v) is 15.9. The van der Waals surface area contributed by atoms with Gasteiger partial charge in [0.1, 0.15) is 11.3 Å². The molecule has 0 atom stereocenters. The normalized spacial score (nSPS) is 14.7. The van der Waals surface area contributed by atoms with E-state index in [4.69, 9.17) is 10.7 Å². The molecule has 0 spiro atoms. The Kier molecular flexibility index (Phi) is 4.65. The molecule has 0 saturated heterocycles. The molecule has 3 N–H and O–H groups in total. The van der Waals surface area contributed by atoms with Crippen LogP contribution in [0.2, 0.25) is 0 Å². The van der Waals surface area contributed by atoms with Gasteiger partial charge in [-0.15, -0.1) is 0 Å². The zero-order valence-electron chi connectivity index (χ0n) is 15.9. The number of nitrogens with two attached hydrogens (primary N) is 1. The maximum atomic E-state index is 12.2. The Hall–Kier alpha value is -3.48. The lowest BCUT2D eigenvalue weighted by Crippen LogP contribution is -2.20. The summed E-state index contributed by atoms with van der Waals surface area (Å²) >= 11 is 0. The van der Waals surface area contributed by atoms with Gasteiger partial charge in [-0.3, -0.25) is 9.20 Å². The fourth-order valence-electron chi connectivity index (χ4n) is 3.47. The molecule has 3 heterocycles. The van der Waals surface area contributed by atoms with Gasteiger partial charge in [-0.25, -0.2) is 15.0 Å². The Morgan fingerprint density at radius 3 is 2.82 bits per heavy atom. The number of carbonyl (C=O) groups excluding carboxylic acids is 1. The van der Waals surface area contributed by atoms with Crippen molar-refractivity contribution in [3.05, 3.63) is 70.9 Å². The summed E-state index contributed by atoms with van der Waals surface area (Å²) in [6.45, 7) is 1.94. The number of nitrogens with one attached hydrogen (secondary N) is 1. The predicted molar refractivity (Wildman–Crippen MR) is 109 cm³/mol. The van der Waals surface area contributed by atoms with Crippen molar-refractivity contribution in [2.24, 2.45) is 10.7 Å². The predicted octanol–water partition coefficient (Wildman–Crippen LogP) is 2.91. The van der Waals surface area contributed by atoms with E-state index in [2.05, 4.69) is 15.3 Å². The minimum absolute atomic E-state index is 0.192. The van der Waals surface area contributed by atoms with E-state index < -0.39 is 0 Å². The van der Waals surface area contributed by atoms with Crippen LogP contribution in [-0.2, 0) is 0 Å². The molecule has 1 amide bonds. The van der Waals surface area contributed by atoms with Crippen molar-refractivity contribution in [1.29, 1.82) is 0 Å². The van der Waals surface area contributed by atoms with E-state index in [0.717, 1.165) is 47.5 Å². The van der Waals surface area contributed by atoms with E-state index in [1.54, 1.807) is 17.6 Å².